The van der Waals surface area contributed by atoms with Crippen LogP contribution in [-0.2, 0) is 13.1 Å². The number of hydrogen-bond acceptors (Lipinski definition) is 2. The third-order valence-corrected chi connectivity index (χ3v) is 3.62. The molecular formula is C13H14BrClFN3. The monoisotopic (exact) mass is 345 g/mol. The Bertz CT molecular complexity index is 548. The van der Waals surface area contributed by atoms with Gasteiger partial charge < -0.3 is 5.32 Å². The van der Waals surface area contributed by atoms with Crippen LogP contribution in [-0.4, -0.2) is 9.78 Å². The molecule has 6 heteroatoms. The molecule has 1 aromatic heterocycles. The Hall–Kier alpha value is -1.07. The maximum atomic E-state index is 13.1. The van der Waals surface area contributed by atoms with Gasteiger partial charge in [0, 0.05) is 17.2 Å². The number of nitrogens with one attached hydrogen (secondary N) is 1. The Balaban J connectivity index is 2.12. The lowest BCUT2D eigenvalue weighted by Crippen LogP contribution is -2.09. The predicted molar refractivity (Wildman–Crippen MR) is 79.0 cm³/mol. The van der Waals surface area contributed by atoms with Crippen LogP contribution >= 0.6 is 27.5 Å². The summed E-state index contributed by atoms with van der Waals surface area (Å²) in [5.74, 6) is -0.363. The zero-order valence-electron chi connectivity index (χ0n) is 10.5. The van der Waals surface area contributed by atoms with E-state index < -0.39 is 0 Å². The summed E-state index contributed by atoms with van der Waals surface area (Å²) in [6.45, 7) is 3.57. The van der Waals surface area contributed by atoms with Crippen molar-refractivity contribution >= 4 is 33.2 Å². The molecule has 1 heterocycles. The SMILES string of the molecule is CCCn1nccc1CNc1c(Cl)cc(F)cc1Br. The number of nitrogens with zero attached hydrogens (tertiary/aromatic N) is 2. The summed E-state index contributed by atoms with van der Waals surface area (Å²) in [7, 11) is 0. The lowest BCUT2D eigenvalue weighted by molar-refractivity contribution is 0.578. The summed E-state index contributed by atoms with van der Waals surface area (Å²) in [6.07, 6.45) is 2.80. The molecule has 0 aliphatic rings. The summed E-state index contributed by atoms with van der Waals surface area (Å²) in [4.78, 5) is 0. The molecule has 2 aromatic rings. The van der Waals surface area contributed by atoms with Gasteiger partial charge in [-0.15, -0.1) is 0 Å². The second-order valence-electron chi connectivity index (χ2n) is 4.14. The average molecular weight is 347 g/mol. The molecule has 0 atom stereocenters. The second-order valence-corrected chi connectivity index (χ2v) is 5.41. The quantitative estimate of drug-likeness (QED) is 0.866. The maximum Gasteiger partial charge on any atom is 0.125 e. The number of benzene rings is 1. The first-order valence-electron chi connectivity index (χ1n) is 6.01. The molecule has 3 nitrogen and oxygen atoms in total. The summed E-state index contributed by atoms with van der Waals surface area (Å²) < 4.78 is 15.7. The van der Waals surface area contributed by atoms with Crippen LogP contribution in [0.2, 0.25) is 5.02 Å². The van der Waals surface area contributed by atoms with E-state index in [9.17, 15) is 4.39 Å². The van der Waals surface area contributed by atoms with Crippen molar-refractivity contribution in [2.45, 2.75) is 26.4 Å². The van der Waals surface area contributed by atoms with Crippen molar-refractivity contribution in [3.63, 3.8) is 0 Å². The first-order valence-corrected chi connectivity index (χ1v) is 7.18. The van der Waals surface area contributed by atoms with Gasteiger partial charge in [-0.1, -0.05) is 18.5 Å². The van der Waals surface area contributed by atoms with E-state index in [4.69, 9.17) is 11.6 Å². The van der Waals surface area contributed by atoms with E-state index in [2.05, 4.69) is 33.3 Å². The number of hydrogen-bond donors (Lipinski definition) is 1. The van der Waals surface area contributed by atoms with Crippen LogP contribution in [0.25, 0.3) is 0 Å². The number of aryl methyl sites for hydroxylation is 1. The molecule has 0 radical (unpaired) electrons. The highest BCUT2D eigenvalue weighted by Gasteiger charge is 2.09. The average Bonchev–Trinajstić information content (AvgIpc) is 2.76. The lowest BCUT2D eigenvalue weighted by atomic mass is 10.3. The van der Waals surface area contributed by atoms with Crippen LogP contribution in [0.3, 0.4) is 0 Å². The first-order chi connectivity index (χ1) is 9.11. The minimum atomic E-state index is -0.363. The first kappa shape index (κ1) is 14.3. The van der Waals surface area contributed by atoms with E-state index in [0.29, 0.717) is 21.7 Å². The van der Waals surface area contributed by atoms with Crippen molar-refractivity contribution in [1.29, 1.82) is 0 Å². The van der Waals surface area contributed by atoms with Crippen molar-refractivity contribution in [1.82, 2.24) is 9.78 Å². The largest absolute Gasteiger partial charge is 0.377 e. The van der Waals surface area contributed by atoms with E-state index in [-0.39, 0.29) is 5.82 Å². The highest BCUT2D eigenvalue weighted by atomic mass is 79.9. The number of halogens is 3. The minimum absolute atomic E-state index is 0.355. The molecule has 0 aliphatic carbocycles. The smallest absolute Gasteiger partial charge is 0.125 e. The van der Waals surface area contributed by atoms with Crippen molar-refractivity contribution in [2.24, 2.45) is 0 Å². The predicted octanol–water partition coefficient (Wildman–Crippen LogP) is 4.46. The molecule has 1 aromatic carbocycles. The van der Waals surface area contributed by atoms with Crippen molar-refractivity contribution in [3.05, 3.63) is 45.4 Å². The van der Waals surface area contributed by atoms with Crippen LogP contribution in [0.1, 0.15) is 19.0 Å². The van der Waals surface area contributed by atoms with Crippen molar-refractivity contribution in [2.75, 3.05) is 5.32 Å². The van der Waals surface area contributed by atoms with Crippen molar-refractivity contribution < 1.29 is 4.39 Å². The molecule has 19 heavy (non-hydrogen) atoms. The molecule has 0 amide bonds. The highest BCUT2D eigenvalue weighted by Crippen LogP contribution is 2.31. The molecule has 0 fully saturated rings. The van der Waals surface area contributed by atoms with Gasteiger partial charge in [0.2, 0.25) is 0 Å². The standard InChI is InChI=1S/C13H14BrClFN3/c1-2-5-19-10(3-4-18-19)8-17-13-11(14)6-9(16)7-12(13)15/h3-4,6-7,17H,2,5,8H2,1H3. The van der Waals surface area contributed by atoms with Gasteiger partial charge in [0.05, 0.1) is 22.9 Å². The Morgan fingerprint density at radius 3 is 2.95 bits per heavy atom. The molecule has 0 saturated carbocycles. The summed E-state index contributed by atoms with van der Waals surface area (Å²) in [6, 6.07) is 4.63. The van der Waals surface area contributed by atoms with E-state index in [1.54, 1.807) is 6.20 Å². The highest BCUT2D eigenvalue weighted by molar-refractivity contribution is 9.10. The van der Waals surface area contributed by atoms with Crippen LogP contribution < -0.4 is 5.32 Å². The van der Waals surface area contributed by atoms with Gasteiger partial charge in [0.15, 0.2) is 0 Å². The third kappa shape index (κ3) is 3.48. The normalized spacial score (nSPS) is 10.7. The van der Waals surface area contributed by atoms with E-state index >= 15 is 0 Å². The zero-order chi connectivity index (χ0) is 13.8. The molecule has 0 bridgehead atoms. The van der Waals surface area contributed by atoms with Crippen LogP contribution in [0, 0.1) is 5.82 Å². The van der Waals surface area contributed by atoms with Crippen LogP contribution in [0.5, 0.6) is 0 Å². The fourth-order valence-corrected chi connectivity index (χ4v) is 2.77. The maximum absolute atomic E-state index is 13.1. The fraction of sp³-hybridized carbons (Fsp3) is 0.308. The number of anilines is 1. The summed E-state index contributed by atoms with van der Waals surface area (Å²) >= 11 is 9.32. The lowest BCUT2D eigenvalue weighted by Gasteiger charge is -2.12. The van der Waals surface area contributed by atoms with Gasteiger partial charge in [-0.05, 0) is 40.5 Å². The minimum Gasteiger partial charge on any atom is -0.377 e. The van der Waals surface area contributed by atoms with Crippen molar-refractivity contribution in [3.8, 4) is 0 Å². The van der Waals surface area contributed by atoms with Gasteiger partial charge in [-0.2, -0.15) is 5.10 Å². The Kier molecular flexibility index (Phi) is 4.82. The number of aromatic nitrogens is 2. The topological polar surface area (TPSA) is 29.9 Å². The van der Waals surface area contributed by atoms with E-state index in [0.717, 1.165) is 18.7 Å². The summed E-state index contributed by atoms with van der Waals surface area (Å²) in [5, 5.41) is 7.81. The molecule has 0 spiro atoms. The molecule has 0 aliphatic heterocycles. The molecule has 0 unspecified atom stereocenters. The number of rotatable bonds is 5. The zero-order valence-corrected chi connectivity index (χ0v) is 12.8. The second kappa shape index (κ2) is 6.39. The van der Waals surface area contributed by atoms with E-state index in [1.165, 1.54) is 12.1 Å². The third-order valence-electron chi connectivity index (χ3n) is 2.69. The molecule has 2 rings (SSSR count). The van der Waals surface area contributed by atoms with Gasteiger partial charge >= 0.3 is 0 Å². The van der Waals surface area contributed by atoms with Gasteiger partial charge in [-0.25, -0.2) is 4.39 Å². The Morgan fingerprint density at radius 1 is 1.47 bits per heavy atom. The van der Waals surface area contributed by atoms with Gasteiger partial charge in [-0.3, -0.25) is 4.68 Å². The summed E-state index contributed by atoms with van der Waals surface area (Å²) in [5.41, 5.74) is 1.75. The molecule has 102 valence electrons. The molecular weight excluding hydrogens is 333 g/mol. The molecule has 1 N–H and O–H groups in total. The van der Waals surface area contributed by atoms with Crippen LogP contribution in [0.15, 0.2) is 28.9 Å². The molecule has 0 saturated heterocycles. The Labute approximate surface area is 124 Å². The van der Waals surface area contributed by atoms with Gasteiger partial charge in [0.25, 0.3) is 0 Å². The van der Waals surface area contributed by atoms with Crippen LogP contribution in [0.4, 0.5) is 10.1 Å². The van der Waals surface area contributed by atoms with Gasteiger partial charge in [0.1, 0.15) is 5.82 Å². The van der Waals surface area contributed by atoms with E-state index in [1.807, 2.05) is 10.7 Å². The Morgan fingerprint density at radius 2 is 2.26 bits per heavy atom. The fourth-order valence-electron chi connectivity index (χ4n) is 1.81.